The third kappa shape index (κ3) is 3.81. The van der Waals surface area contributed by atoms with Gasteiger partial charge in [0.15, 0.2) is 0 Å². The van der Waals surface area contributed by atoms with Crippen molar-refractivity contribution in [3.63, 3.8) is 0 Å². The van der Waals surface area contributed by atoms with Gasteiger partial charge in [-0.2, -0.15) is 0 Å². The number of aromatic nitrogens is 1. The van der Waals surface area contributed by atoms with Crippen molar-refractivity contribution in [3.05, 3.63) is 54.2 Å². The van der Waals surface area contributed by atoms with Crippen LogP contribution in [0.15, 0.2) is 34.8 Å². The standard InChI is InChI=1S/C12H6BrCl2IN2O/c13-6-1-3-8(16)9(5-6)17-12(19)7-2-4-10(14)18-11(7)15/h1-5H,(H,17,19). The number of nitrogens with one attached hydrogen (secondary N) is 1. The van der Waals surface area contributed by atoms with Crippen LogP contribution >= 0.6 is 61.7 Å². The molecule has 0 aliphatic carbocycles. The predicted molar refractivity (Wildman–Crippen MR) is 89.1 cm³/mol. The Morgan fingerprint density at radius 1 is 1.26 bits per heavy atom. The van der Waals surface area contributed by atoms with Crippen molar-refractivity contribution in [3.8, 4) is 0 Å². The number of hydrogen-bond acceptors (Lipinski definition) is 2. The molecule has 1 aromatic carbocycles. The minimum absolute atomic E-state index is 0.0787. The van der Waals surface area contributed by atoms with E-state index >= 15 is 0 Å². The summed E-state index contributed by atoms with van der Waals surface area (Å²) in [5, 5.41) is 3.11. The van der Waals surface area contributed by atoms with Crippen molar-refractivity contribution in [1.29, 1.82) is 0 Å². The summed E-state index contributed by atoms with van der Waals surface area (Å²) in [6.45, 7) is 0. The van der Waals surface area contributed by atoms with Crippen LogP contribution in [0.4, 0.5) is 5.69 Å². The van der Waals surface area contributed by atoms with Crippen LogP contribution in [0.1, 0.15) is 10.4 Å². The minimum atomic E-state index is -0.329. The molecule has 7 heteroatoms. The average Bonchev–Trinajstić information content (AvgIpc) is 2.33. The molecule has 0 saturated heterocycles. The molecule has 1 amide bonds. The van der Waals surface area contributed by atoms with E-state index in [2.05, 4.69) is 48.8 Å². The van der Waals surface area contributed by atoms with Crippen LogP contribution in [0, 0.1) is 3.57 Å². The van der Waals surface area contributed by atoms with Crippen molar-refractivity contribution in [1.82, 2.24) is 4.98 Å². The highest BCUT2D eigenvalue weighted by atomic mass is 127. The van der Waals surface area contributed by atoms with Gasteiger partial charge in [-0.25, -0.2) is 4.98 Å². The number of anilines is 1. The highest BCUT2D eigenvalue weighted by Crippen LogP contribution is 2.24. The minimum Gasteiger partial charge on any atom is -0.321 e. The lowest BCUT2D eigenvalue weighted by atomic mass is 10.2. The molecule has 1 aromatic heterocycles. The van der Waals surface area contributed by atoms with Gasteiger partial charge < -0.3 is 5.32 Å². The van der Waals surface area contributed by atoms with Crippen LogP contribution in [0.5, 0.6) is 0 Å². The molecule has 3 nitrogen and oxygen atoms in total. The molecule has 1 heterocycles. The van der Waals surface area contributed by atoms with E-state index in [4.69, 9.17) is 23.2 Å². The van der Waals surface area contributed by atoms with Gasteiger partial charge in [-0.1, -0.05) is 39.1 Å². The monoisotopic (exact) mass is 470 g/mol. The molecule has 0 bridgehead atoms. The predicted octanol–water partition coefficient (Wildman–Crippen LogP) is 5.01. The number of rotatable bonds is 2. The van der Waals surface area contributed by atoms with Gasteiger partial charge in [0.1, 0.15) is 10.3 Å². The van der Waals surface area contributed by atoms with Gasteiger partial charge in [-0.15, -0.1) is 0 Å². The summed E-state index contributed by atoms with van der Waals surface area (Å²) in [4.78, 5) is 15.9. The van der Waals surface area contributed by atoms with Crippen LogP contribution in [0.25, 0.3) is 0 Å². The Kier molecular flexibility index (Phi) is 5.05. The number of nitrogens with zero attached hydrogens (tertiary/aromatic N) is 1. The zero-order valence-electron chi connectivity index (χ0n) is 9.25. The van der Waals surface area contributed by atoms with Gasteiger partial charge in [0, 0.05) is 8.04 Å². The van der Waals surface area contributed by atoms with E-state index in [0.717, 1.165) is 8.04 Å². The number of halogens is 4. The Hall–Kier alpha value is -0.370. The van der Waals surface area contributed by atoms with Gasteiger partial charge in [-0.05, 0) is 52.9 Å². The summed E-state index contributed by atoms with van der Waals surface area (Å²) < 4.78 is 1.80. The Balaban J connectivity index is 2.28. The molecule has 98 valence electrons. The van der Waals surface area contributed by atoms with Crippen molar-refractivity contribution in [2.75, 3.05) is 5.32 Å². The molecule has 19 heavy (non-hydrogen) atoms. The van der Waals surface area contributed by atoms with Gasteiger partial charge in [0.25, 0.3) is 5.91 Å². The highest BCUT2D eigenvalue weighted by molar-refractivity contribution is 14.1. The van der Waals surface area contributed by atoms with Crippen molar-refractivity contribution in [2.24, 2.45) is 0 Å². The SMILES string of the molecule is O=C(Nc1cc(Br)ccc1I)c1ccc(Cl)nc1Cl. The number of pyridine rings is 1. The van der Waals surface area contributed by atoms with Crippen LogP contribution in [0.2, 0.25) is 10.3 Å². The third-order valence-corrected chi connectivity index (χ3v) is 4.17. The fraction of sp³-hybridized carbons (Fsp3) is 0. The lowest BCUT2D eigenvalue weighted by Gasteiger charge is -2.08. The first-order chi connectivity index (χ1) is 8.97. The fourth-order valence-electron chi connectivity index (χ4n) is 1.36. The van der Waals surface area contributed by atoms with E-state index in [-0.39, 0.29) is 21.8 Å². The molecule has 0 saturated carbocycles. The van der Waals surface area contributed by atoms with Crippen LogP contribution in [0.3, 0.4) is 0 Å². The van der Waals surface area contributed by atoms with Crippen molar-refractivity contribution in [2.45, 2.75) is 0 Å². The zero-order valence-corrected chi connectivity index (χ0v) is 14.5. The topological polar surface area (TPSA) is 42.0 Å². The lowest BCUT2D eigenvalue weighted by molar-refractivity contribution is 0.102. The number of amides is 1. The molecule has 0 atom stereocenters. The molecule has 0 aliphatic rings. The molecule has 0 unspecified atom stereocenters. The molecule has 0 aliphatic heterocycles. The summed E-state index contributed by atoms with van der Waals surface area (Å²) in [5.41, 5.74) is 0.979. The van der Waals surface area contributed by atoms with Gasteiger partial charge in [0.05, 0.1) is 11.3 Å². The smallest absolute Gasteiger partial charge is 0.258 e. The second-order valence-electron chi connectivity index (χ2n) is 3.55. The Bertz CT molecular complexity index is 652. The van der Waals surface area contributed by atoms with E-state index in [1.807, 2.05) is 18.2 Å². The normalized spacial score (nSPS) is 10.3. The maximum Gasteiger partial charge on any atom is 0.258 e. The number of carbonyl (C=O) groups excluding carboxylic acids is 1. The molecule has 2 rings (SSSR count). The number of carbonyl (C=O) groups is 1. The summed E-state index contributed by atoms with van der Waals surface area (Å²) in [6.07, 6.45) is 0. The molecule has 2 aromatic rings. The molecular formula is C12H6BrCl2IN2O. The summed E-state index contributed by atoms with van der Waals surface area (Å²) in [6, 6.07) is 8.67. The zero-order chi connectivity index (χ0) is 14.0. The Labute approximate surface area is 142 Å². The second kappa shape index (κ2) is 6.39. The third-order valence-electron chi connectivity index (χ3n) is 2.24. The van der Waals surface area contributed by atoms with Gasteiger partial charge >= 0.3 is 0 Å². The molecule has 0 fully saturated rings. The Morgan fingerprint density at radius 2 is 2.00 bits per heavy atom. The molecular weight excluding hydrogens is 466 g/mol. The number of benzene rings is 1. The molecule has 0 radical (unpaired) electrons. The van der Waals surface area contributed by atoms with Crippen LogP contribution in [-0.2, 0) is 0 Å². The first-order valence-corrected chi connectivity index (χ1v) is 7.68. The molecule has 0 spiro atoms. The van der Waals surface area contributed by atoms with Crippen LogP contribution in [-0.4, -0.2) is 10.9 Å². The second-order valence-corrected chi connectivity index (χ2v) is 6.37. The van der Waals surface area contributed by atoms with E-state index in [9.17, 15) is 4.79 Å². The van der Waals surface area contributed by atoms with E-state index in [0.29, 0.717) is 5.69 Å². The quantitative estimate of drug-likeness (QED) is 0.494. The van der Waals surface area contributed by atoms with Crippen LogP contribution < -0.4 is 5.32 Å². The first kappa shape index (κ1) is 15.0. The van der Waals surface area contributed by atoms with E-state index in [1.165, 1.54) is 12.1 Å². The van der Waals surface area contributed by atoms with Gasteiger partial charge in [0.2, 0.25) is 0 Å². The number of hydrogen-bond donors (Lipinski definition) is 1. The maximum absolute atomic E-state index is 12.1. The summed E-state index contributed by atoms with van der Waals surface area (Å²) >= 11 is 17.1. The summed E-state index contributed by atoms with van der Waals surface area (Å²) in [5.74, 6) is -0.329. The van der Waals surface area contributed by atoms with Gasteiger partial charge in [-0.3, -0.25) is 4.79 Å². The molecule has 1 N–H and O–H groups in total. The maximum atomic E-state index is 12.1. The summed E-state index contributed by atoms with van der Waals surface area (Å²) in [7, 11) is 0. The van der Waals surface area contributed by atoms with E-state index in [1.54, 1.807) is 0 Å². The fourth-order valence-corrected chi connectivity index (χ4v) is 2.63. The lowest BCUT2D eigenvalue weighted by Crippen LogP contribution is -2.13. The highest BCUT2D eigenvalue weighted by Gasteiger charge is 2.13. The van der Waals surface area contributed by atoms with E-state index < -0.39 is 0 Å². The van der Waals surface area contributed by atoms with Crippen molar-refractivity contribution >= 4 is 73.3 Å². The van der Waals surface area contributed by atoms with Crippen molar-refractivity contribution < 1.29 is 4.79 Å². The largest absolute Gasteiger partial charge is 0.321 e. The Morgan fingerprint density at radius 3 is 2.68 bits per heavy atom. The average molecular weight is 472 g/mol. The first-order valence-electron chi connectivity index (χ1n) is 5.06.